The van der Waals surface area contributed by atoms with Crippen LogP contribution in [0, 0.1) is 11.7 Å². The molecule has 0 spiro atoms. The van der Waals surface area contributed by atoms with Gasteiger partial charge in [-0.25, -0.2) is 4.39 Å². The largest absolute Gasteiger partial charge is 0.310 e. The lowest BCUT2D eigenvalue weighted by Crippen LogP contribution is -2.28. The summed E-state index contributed by atoms with van der Waals surface area (Å²) in [5.41, 5.74) is 0.777. The van der Waals surface area contributed by atoms with Gasteiger partial charge in [-0.05, 0) is 43.5 Å². The number of hydrogen-bond acceptors (Lipinski definition) is 1. The second-order valence-corrected chi connectivity index (χ2v) is 5.78. The van der Waals surface area contributed by atoms with Gasteiger partial charge in [-0.1, -0.05) is 43.1 Å². The maximum Gasteiger partial charge on any atom is 0.128 e. The molecule has 0 amide bonds. The zero-order valence-corrected chi connectivity index (χ0v) is 13.1. The Morgan fingerprint density at radius 2 is 2.00 bits per heavy atom. The summed E-state index contributed by atoms with van der Waals surface area (Å²) < 4.78 is 14.9. The first-order valence-corrected chi connectivity index (χ1v) is 7.57. The molecular formula is C15H23BrFN. The molecule has 0 heterocycles. The molecule has 0 saturated carbocycles. The highest BCUT2D eigenvalue weighted by molar-refractivity contribution is 9.10. The van der Waals surface area contributed by atoms with Crippen molar-refractivity contribution in [1.29, 1.82) is 0 Å². The number of nitrogens with one attached hydrogen (secondary N) is 1. The van der Waals surface area contributed by atoms with E-state index in [2.05, 4.69) is 42.0 Å². The molecule has 18 heavy (non-hydrogen) atoms. The van der Waals surface area contributed by atoms with E-state index < -0.39 is 0 Å². The summed E-state index contributed by atoms with van der Waals surface area (Å²) in [6.07, 6.45) is 3.29. The molecule has 102 valence electrons. The lowest BCUT2D eigenvalue weighted by molar-refractivity contribution is 0.353. The van der Waals surface area contributed by atoms with Crippen molar-refractivity contribution in [3.63, 3.8) is 0 Å². The van der Waals surface area contributed by atoms with Gasteiger partial charge in [0, 0.05) is 16.1 Å². The maximum absolute atomic E-state index is 14.0. The van der Waals surface area contributed by atoms with E-state index in [0.717, 1.165) is 35.8 Å². The average Bonchev–Trinajstić information content (AvgIpc) is 2.34. The highest BCUT2D eigenvalue weighted by Gasteiger charge is 2.21. The molecule has 1 aromatic rings. The van der Waals surface area contributed by atoms with Crippen LogP contribution in [0.25, 0.3) is 0 Å². The SMILES string of the molecule is CCCNC(c1cc(Br)ccc1F)C(C)CCC. The fourth-order valence-corrected chi connectivity index (χ4v) is 2.67. The summed E-state index contributed by atoms with van der Waals surface area (Å²) in [5, 5.41) is 3.48. The van der Waals surface area contributed by atoms with Gasteiger partial charge >= 0.3 is 0 Å². The molecular weight excluding hydrogens is 293 g/mol. The third-order valence-electron chi connectivity index (χ3n) is 3.22. The average molecular weight is 316 g/mol. The minimum absolute atomic E-state index is 0.0994. The van der Waals surface area contributed by atoms with Gasteiger partial charge in [0.2, 0.25) is 0 Å². The van der Waals surface area contributed by atoms with Crippen LogP contribution in [0.5, 0.6) is 0 Å². The van der Waals surface area contributed by atoms with Crippen LogP contribution in [-0.2, 0) is 0 Å². The van der Waals surface area contributed by atoms with E-state index in [4.69, 9.17) is 0 Å². The molecule has 1 aromatic carbocycles. The smallest absolute Gasteiger partial charge is 0.128 e. The number of hydrogen-bond donors (Lipinski definition) is 1. The van der Waals surface area contributed by atoms with Crippen molar-refractivity contribution < 1.29 is 4.39 Å². The van der Waals surface area contributed by atoms with Crippen molar-refractivity contribution in [2.75, 3.05) is 6.54 Å². The zero-order valence-electron chi connectivity index (χ0n) is 11.5. The first-order valence-electron chi connectivity index (χ1n) is 6.78. The quantitative estimate of drug-likeness (QED) is 0.741. The number of benzene rings is 1. The molecule has 0 aliphatic rings. The zero-order chi connectivity index (χ0) is 13.5. The van der Waals surface area contributed by atoms with E-state index in [0.29, 0.717) is 5.92 Å². The van der Waals surface area contributed by atoms with Crippen molar-refractivity contribution in [2.45, 2.75) is 46.1 Å². The topological polar surface area (TPSA) is 12.0 Å². The molecule has 0 bridgehead atoms. The van der Waals surface area contributed by atoms with Gasteiger partial charge in [0.1, 0.15) is 5.82 Å². The Kier molecular flexibility index (Phi) is 6.87. The highest BCUT2D eigenvalue weighted by Crippen LogP contribution is 2.29. The Balaban J connectivity index is 2.96. The Morgan fingerprint density at radius 1 is 1.28 bits per heavy atom. The van der Waals surface area contributed by atoms with E-state index >= 15 is 0 Å². The van der Waals surface area contributed by atoms with E-state index in [1.165, 1.54) is 0 Å². The highest BCUT2D eigenvalue weighted by atomic mass is 79.9. The molecule has 1 rings (SSSR count). The Bertz CT molecular complexity index is 368. The fourth-order valence-electron chi connectivity index (χ4n) is 2.29. The summed E-state index contributed by atoms with van der Waals surface area (Å²) in [5.74, 6) is 0.320. The molecule has 1 N–H and O–H groups in total. The Hall–Kier alpha value is -0.410. The van der Waals surface area contributed by atoms with Gasteiger partial charge in [-0.3, -0.25) is 0 Å². The van der Waals surface area contributed by atoms with Gasteiger partial charge in [0.25, 0.3) is 0 Å². The van der Waals surface area contributed by atoms with Crippen molar-refractivity contribution in [2.24, 2.45) is 5.92 Å². The van der Waals surface area contributed by atoms with Crippen molar-refractivity contribution in [3.8, 4) is 0 Å². The molecule has 1 nitrogen and oxygen atoms in total. The van der Waals surface area contributed by atoms with Gasteiger partial charge in [-0.2, -0.15) is 0 Å². The molecule has 2 atom stereocenters. The third-order valence-corrected chi connectivity index (χ3v) is 3.71. The summed E-state index contributed by atoms with van der Waals surface area (Å²) in [7, 11) is 0. The van der Waals surface area contributed by atoms with E-state index in [9.17, 15) is 4.39 Å². The lowest BCUT2D eigenvalue weighted by Gasteiger charge is -2.26. The minimum Gasteiger partial charge on any atom is -0.310 e. The summed E-state index contributed by atoms with van der Waals surface area (Å²) in [6.45, 7) is 7.41. The second kappa shape index (κ2) is 7.90. The van der Waals surface area contributed by atoms with Crippen LogP contribution < -0.4 is 5.32 Å². The monoisotopic (exact) mass is 315 g/mol. The van der Waals surface area contributed by atoms with Crippen LogP contribution >= 0.6 is 15.9 Å². The van der Waals surface area contributed by atoms with Crippen molar-refractivity contribution in [3.05, 3.63) is 34.1 Å². The minimum atomic E-state index is -0.116. The molecule has 2 unspecified atom stereocenters. The molecule has 0 saturated heterocycles. The van der Waals surface area contributed by atoms with Crippen LogP contribution in [0.4, 0.5) is 4.39 Å². The fraction of sp³-hybridized carbons (Fsp3) is 0.600. The van der Waals surface area contributed by atoms with Crippen LogP contribution in [0.3, 0.4) is 0 Å². The summed E-state index contributed by atoms with van der Waals surface area (Å²) >= 11 is 3.43. The lowest BCUT2D eigenvalue weighted by atomic mass is 9.90. The first kappa shape index (κ1) is 15.6. The first-order chi connectivity index (χ1) is 8.60. The number of halogens is 2. The molecule has 3 heteroatoms. The summed E-state index contributed by atoms with van der Waals surface area (Å²) in [4.78, 5) is 0. The standard InChI is InChI=1S/C15H23BrFN/c1-4-6-11(3)15(18-9-5-2)13-10-12(16)7-8-14(13)17/h7-8,10-11,15,18H,4-6,9H2,1-3H3. The third kappa shape index (κ3) is 4.36. The van der Waals surface area contributed by atoms with Gasteiger partial charge in [-0.15, -0.1) is 0 Å². The number of rotatable bonds is 7. The van der Waals surface area contributed by atoms with Crippen LogP contribution in [0.2, 0.25) is 0 Å². The Labute approximate surface area is 118 Å². The van der Waals surface area contributed by atoms with Gasteiger partial charge in [0.05, 0.1) is 0 Å². The second-order valence-electron chi connectivity index (χ2n) is 4.86. The van der Waals surface area contributed by atoms with Gasteiger partial charge < -0.3 is 5.32 Å². The molecule has 0 aliphatic carbocycles. The van der Waals surface area contributed by atoms with Crippen LogP contribution in [-0.4, -0.2) is 6.54 Å². The predicted molar refractivity (Wildman–Crippen MR) is 79.2 cm³/mol. The van der Waals surface area contributed by atoms with Crippen LogP contribution in [0.15, 0.2) is 22.7 Å². The molecule has 0 fully saturated rings. The molecule has 0 aliphatic heterocycles. The van der Waals surface area contributed by atoms with Crippen molar-refractivity contribution in [1.82, 2.24) is 5.32 Å². The van der Waals surface area contributed by atoms with E-state index in [1.54, 1.807) is 12.1 Å². The molecule has 0 aromatic heterocycles. The van der Waals surface area contributed by atoms with E-state index in [1.807, 2.05) is 6.07 Å². The summed E-state index contributed by atoms with van der Waals surface area (Å²) in [6, 6.07) is 5.29. The van der Waals surface area contributed by atoms with Crippen molar-refractivity contribution >= 4 is 15.9 Å². The Morgan fingerprint density at radius 3 is 2.61 bits per heavy atom. The van der Waals surface area contributed by atoms with Crippen LogP contribution in [0.1, 0.15) is 51.6 Å². The normalized spacial score (nSPS) is 14.5. The molecule has 0 radical (unpaired) electrons. The van der Waals surface area contributed by atoms with E-state index in [-0.39, 0.29) is 11.9 Å². The predicted octanol–water partition coefficient (Wildman–Crippen LogP) is 5.07. The van der Waals surface area contributed by atoms with Gasteiger partial charge in [0.15, 0.2) is 0 Å². The maximum atomic E-state index is 14.0.